The van der Waals surface area contributed by atoms with E-state index in [4.69, 9.17) is 9.84 Å². The third kappa shape index (κ3) is 2.09. The first-order chi connectivity index (χ1) is 7.20. The van der Waals surface area contributed by atoms with Gasteiger partial charge in [0.1, 0.15) is 5.75 Å². The Bertz CT molecular complexity index is 389. The summed E-state index contributed by atoms with van der Waals surface area (Å²) in [4.78, 5) is 11.8. The zero-order valence-corrected chi connectivity index (χ0v) is 9.21. The average Bonchev–Trinajstić information content (AvgIpc) is 2.60. The van der Waals surface area contributed by atoms with Crippen LogP contribution in [0, 0.1) is 0 Å². The molecule has 4 heteroatoms. The predicted molar refractivity (Wildman–Crippen MR) is 58.7 cm³/mol. The molecule has 1 aromatic rings. The standard InChI is InChI=1S/C11H12O3S/c1-14-8-2-3-9-7(4-11(12)13)6-15-10(9)5-8/h2-3,5,7H,4,6H2,1H3,(H,12,13)/t7-/m1/s1. The van der Waals surface area contributed by atoms with E-state index in [-0.39, 0.29) is 12.3 Å². The molecule has 1 N–H and O–H groups in total. The summed E-state index contributed by atoms with van der Waals surface area (Å²) >= 11 is 1.70. The lowest BCUT2D eigenvalue weighted by atomic mass is 9.98. The van der Waals surface area contributed by atoms with Crippen molar-refractivity contribution < 1.29 is 14.6 Å². The molecule has 80 valence electrons. The van der Waals surface area contributed by atoms with Crippen LogP contribution in [-0.2, 0) is 4.79 Å². The molecule has 0 unspecified atom stereocenters. The van der Waals surface area contributed by atoms with E-state index in [9.17, 15) is 4.79 Å². The fourth-order valence-electron chi connectivity index (χ4n) is 1.76. The van der Waals surface area contributed by atoms with Gasteiger partial charge in [-0.3, -0.25) is 4.79 Å². The Morgan fingerprint density at radius 1 is 1.67 bits per heavy atom. The van der Waals surface area contributed by atoms with Gasteiger partial charge in [0.2, 0.25) is 0 Å². The van der Waals surface area contributed by atoms with Crippen molar-refractivity contribution in [3.8, 4) is 5.75 Å². The molecule has 0 aliphatic carbocycles. The minimum absolute atomic E-state index is 0.147. The Balaban J connectivity index is 2.24. The lowest BCUT2D eigenvalue weighted by Gasteiger charge is -2.07. The summed E-state index contributed by atoms with van der Waals surface area (Å²) in [5.74, 6) is 1.10. The Morgan fingerprint density at radius 2 is 2.47 bits per heavy atom. The fourth-order valence-corrected chi connectivity index (χ4v) is 3.04. The number of hydrogen-bond donors (Lipinski definition) is 1. The quantitative estimate of drug-likeness (QED) is 0.856. The summed E-state index contributed by atoms with van der Waals surface area (Å²) in [5.41, 5.74) is 1.14. The van der Waals surface area contributed by atoms with Crippen LogP contribution >= 0.6 is 11.8 Å². The van der Waals surface area contributed by atoms with Crippen LogP contribution in [0.2, 0.25) is 0 Å². The van der Waals surface area contributed by atoms with Gasteiger partial charge < -0.3 is 9.84 Å². The van der Waals surface area contributed by atoms with E-state index >= 15 is 0 Å². The molecular weight excluding hydrogens is 212 g/mol. The molecule has 0 saturated carbocycles. The second kappa shape index (κ2) is 4.14. The normalized spacial score (nSPS) is 18.6. The van der Waals surface area contributed by atoms with E-state index in [1.807, 2.05) is 18.2 Å². The lowest BCUT2D eigenvalue weighted by Crippen LogP contribution is -2.05. The van der Waals surface area contributed by atoms with Gasteiger partial charge in [-0.2, -0.15) is 0 Å². The third-order valence-corrected chi connectivity index (χ3v) is 3.76. The Hall–Kier alpha value is -1.16. The van der Waals surface area contributed by atoms with E-state index in [1.165, 1.54) is 0 Å². The van der Waals surface area contributed by atoms with Crippen LogP contribution in [0.1, 0.15) is 17.9 Å². The van der Waals surface area contributed by atoms with Gasteiger partial charge in [0.15, 0.2) is 0 Å². The van der Waals surface area contributed by atoms with Crippen LogP contribution in [-0.4, -0.2) is 23.9 Å². The first-order valence-corrected chi connectivity index (χ1v) is 5.72. The highest BCUT2D eigenvalue weighted by Gasteiger charge is 2.25. The van der Waals surface area contributed by atoms with Gasteiger partial charge in [0.25, 0.3) is 0 Å². The molecule has 0 aromatic heterocycles. The lowest BCUT2D eigenvalue weighted by molar-refractivity contribution is -0.137. The molecule has 1 atom stereocenters. The zero-order valence-electron chi connectivity index (χ0n) is 8.40. The Labute approximate surface area is 92.4 Å². The molecule has 1 aromatic carbocycles. The first kappa shape index (κ1) is 10.4. The summed E-state index contributed by atoms with van der Waals surface area (Å²) in [5, 5.41) is 8.77. The number of rotatable bonds is 3. The molecule has 0 spiro atoms. The number of ether oxygens (including phenoxy) is 1. The van der Waals surface area contributed by atoms with Crippen molar-refractivity contribution in [2.75, 3.05) is 12.9 Å². The fraction of sp³-hybridized carbons (Fsp3) is 0.364. The summed E-state index contributed by atoms with van der Waals surface area (Å²) in [6, 6.07) is 5.84. The number of carboxylic acid groups (broad SMARTS) is 1. The van der Waals surface area contributed by atoms with Gasteiger partial charge in [0, 0.05) is 16.6 Å². The summed E-state index contributed by atoms with van der Waals surface area (Å²) < 4.78 is 5.13. The number of benzene rings is 1. The van der Waals surface area contributed by atoms with E-state index < -0.39 is 5.97 Å². The van der Waals surface area contributed by atoms with Crippen molar-refractivity contribution in [2.45, 2.75) is 17.2 Å². The average molecular weight is 224 g/mol. The number of hydrogen-bond acceptors (Lipinski definition) is 3. The Morgan fingerprint density at radius 3 is 3.13 bits per heavy atom. The molecule has 1 aliphatic heterocycles. The number of aliphatic carboxylic acids is 1. The zero-order chi connectivity index (χ0) is 10.8. The SMILES string of the molecule is COc1ccc2c(c1)SC[C@H]2CC(=O)O. The van der Waals surface area contributed by atoms with Gasteiger partial charge in [-0.25, -0.2) is 0 Å². The molecule has 0 radical (unpaired) electrons. The van der Waals surface area contributed by atoms with Crippen LogP contribution in [0.25, 0.3) is 0 Å². The summed E-state index contributed by atoms with van der Waals surface area (Å²) in [6.45, 7) is 0. The molecular formula is C11H12O3S. The maximum Gasteiger partial charge on any atom is 0.303 e. The molecule has 1 aliphatic rings. The summed E-state index contributed by atoms with van der Waals surface area (Å²) in [6.07, 6.45) is 0.215. The number of methoxy groups -OCH3 is 1. The maximum absolute atomic E-state index is 10.7. The van der Waals surface area contributed by atoms with Crippen molar-refractivity contribution >= 4 is 17.7 Å². The van der Waals surface area contributed by atoms with Gasteiger partial charge in [0.05, 0.1) is 13.5 Å². The third-order valence-electron chi connectivity index (χ3n) is 2.52. The summed E-state index contributed by atoms with van der Waals surface area (Å²) in [7, 11) is 1.63. The molecule has 0 bridgehead atoms. The smallest absolute Gasteiger partial charge is 0.303 e. The van der Waals surface area contributed by atoms with Crippen molar-refractivity contribution in [3.05, 3.63) is 23.8 Å². The molecule has 3 nitrogen and oxygen atoms in total. The van der Waals surface area contributed by atoms with Crippen molar-refractivity contribution in [3.63, 3.8) is 0 Å². The highest BCUT2D eigenvalue weighted by atomic mass is 32.2. The number of fused-ring (bicyclic) bond motifs is 1. The second-order valence-corrected chi connectivity index (χ2v) is 4.57. The van der Waals surface area contributed by atoms with Crippen molar-refractivity contribution in [1.82, 2.24) is 0 Å². The topological polar surface area (TPSA) is 46.5 Å². The molecule has 1 heterocycles. The first-order valence-electron chi connectivity index (χ1n) is 4.73. The highest BCUT2D eigenvalue weighted by molar-refractivity contribution is 7.99. The van der Waals surface area contributed by atoms with Crippen LogP contribution < -0.4 is 4.74 Å². The largest absolute Gasteiger partial charge is 0.497 e. The van der Waals surface area contributed by atoms with E-state index in [1.54, 1.807) is 18.9 Å². The second-order valence-electron chi connectivity index (χ2n) is 3.51. The minimum atomic E-state index is -0.732. The molecule has 2 rings (SSSR count). The van der Waals surface area contributed by atoms with E-state index in [0.29, 0.717) is 0 Å². The number of thioether (sulfide) groups is 1. The van der Waals surface area contributed by atoms with Gasteiger partial charge in [-0.1, -0.05) is 6.07 Å². The maximum atomic E-state index is 10.7. The van der Waals surface area contributed by atoms with Crippen molar-refractivity contribution in [1.29, 1.82) is 0 Å². The van der Waals surface area contributed by atoms with E-state index in [0.717, 1.165) is 22.0 Å². The molecule has 15 heavy (non-hydrogen) atoms. The predicted octanol–water partition coefficient (Wildman–Crippen LogP) is 2.36. The van der Waals surface area contributed by atoms with Crippen LogP contribution in [0.3, 0.4) is 0 Å². The monoisotopic (exact) mass is 224 g/mol. The van der Waals surface area contributed by atoms with Crippen LogP contribution in [0.4, 0.5) is 0 Å². The molecule has 0 fully saturated rings. The highest BCUT2D eigenvalue weighted by Crippen LogP contribution is 2.42. The minimum Gasteiger partial charge on any atom is -0.497 e. The van der Waals surface area contributed by atoms with Crippen LogP contribution in [0.15, 0.2) is 23.1 Å². The molecule has 0 amide bonds. The van der Waals surface area contributed by atoms with Gasteiger partial charge in [-0.15, -0.1) is 11.8 Å². The van der Waals surface area contributed by atoms with Gasteiger partial charge >= 0.3 is 5.97 Å². The Kier molecular flexibility index (Phi) is 2.86. The van der Waals surface area contributed by atoms with Gasteiger partial charge in [-0.05, 0) is 17.7 Å². The van der Waals surface area contributed by atoms with Crippen molar-refractivity contribution in [2.24, 2.45) is 0 Å². The van der Waals surface area contributed by atoms with E-state index in [2.05, 4.69) is 0 Å². The molecule has 0 saturated heterocycles. The number of carbonyl (C=O) groups is 1. The van der Waals surface area contributed by atoms with Crippen LogP contribution in [0.5, 0.6) is 5.75 Å². The number of carboxylic acids is 1.